The van der Waals surface area contributed by atoms with Gasteiger partial charge in [-0.05, 0) is 35.4 Å². The highest BCUT2D eigenvalue weighted by molar-refractivity contribution is 5.97. The van der Waals surface area contributed by atoms with Crippen LogP contribution in [0.15, 0.2) is 72.8 Å². The normalized spacial score (nSPS) is 10.9. The first kappa shape index (κ1) is 16.2. The Morgan fingerprint density at radius 3 is 2.31 bits per heavy atom. The smallest absolute Gasteiger partial charge is 0.152 e. The topological polar surface area (TPSA) is 22.1 Å². The molecule has 0 aliphatic heterocycles. The van der Waals surface area contributed by atoms with Crippen molar-refractivity contribution >= 4 is 10.9 Å². The maximum absolute atomic E-state index is 14.5. The number of nitrogens with zero attached hydrogens (tertiary/aromatic N) is 1. The van der Waals surface area contributed by atoms with Crippen LogP contribution in [0.1, 0.15) is 0 Å². The molecule has 128 valence electrons. The van der Waals surface area contributed by atoms with Crippen molar-refractivity contribution < 1.29 is 13.5 Å². The quantitative estimate of drug-likeness (QED) is 0.463. The van der Waals surface area contributed by atoms with E-state index in [-0.39, 0.29) is 5.52 Å². The van der Waals surface area contributed by atoms with Crippen molar-refractivity contribution in [2.45, 2.75) is 0 Å². The van der Waals surface area contributed by atoms with Crippen LogP contribution in [-0.2, 0) is 0 Å². The van der Waals surface area contributed by atoms with E-state index in [9.17, 15) is 8.78 Å². The molecule has 0 aliphatic rings. The zero-order valence-corrected chi connectivity index (χ0v) is 14.0. The van der Waals surface area contributed by atoms with Crippen molar-refractivity contribution in [2.24, 2.45) is 0 Å². The van der Waals surface area contributed by atoms with Gasteiger partial charge in [0.15, 0.2) is 5.82 Å². The fourth-order valence-corrected chi connectivity index (χ4v) is 3.10. The summed E-state index contributed by atoms with van der Waals surface area (Å²) >= 11 is 0. The molecule has 0 N–H and O–H groups in total. The molecule has 0 radical (unpaired) electrons. The molecule has 26 heavy (non-hydrogen) atoms. The third kappa shape index (κ3) is 2.80. The molecule has 1 aromatic heterocycles. The van der Waals surface area contributed by atoms with Gasteiger partial charge in [-0.2, -0.15) is 0 Å². The molecule has 3 aromatic carbocycles. The molecule has 0 spiro atoms. The minimum absolute atomic E-state index is 0.133. The monoisotopic (exact) mass is 347 g/mol. The fourth-order valence-electron chi connectivity index (χ4n) is 3.10. The van der Waals surface area contributed by atoms with Crippen LogP contribution >= 0.6 is 0 Å². The van der Waals surface area contributed by atoms with Crippen LogP contribution in [0.4, 0.5) is 8.78 Å². The average molecular weight is 347 g/mol. The minimum Gasteiger partial charge on any atom is -0.496 e. The zero-order valence-electron chi connectivity index (χ0n) is 14.0. The van der Waals surface area contributed by atoms with E-state index in [2.05, 4.69) is 4.98 Å². The van der Waals surface area contributed by atoms with E-state index in [0.29, 0.717) is 16.8 Å². The summed E-state index contributed by atoms with van der Waals surface area (Å²) in [6, 6.07) is 20.9. The molecule has 4 heteroatoms. The Balaban J connectivity index is 2.08. The van der Waals surface area contributed by atoms with Gasteiger partial charge in [0.05, 0.1) is 12.8 Å². The molecular weight excluding hydrogens is 332 g/mol. The molecule has 4 aromatic rings. The van der Waals surface area contributed by atoms with Gasteiger partial charge in [-0.15, -0.1) is 0 Å². The van der Waals surface area contributed by atoms with Gasteiger partial charge in [-0.3, -0.25) is 0 Å². The van der Waals surface area contributed by atoms with Gasteiger partial charge in [0.25, 0.3) is 0 Å². The Bertz CT molecular complexity index is 1090. The third-order valence-corrected chi connectivity index (χ3v) is 4.30. The minimum atomic E-state index is -0.686. The highest BCUT2D eigenvalue weighted by atomic mass is 19.1. The van der Waals surface area contributed by atoms with Crippen LogP contribution in [0.2, 0.25) is 0 Å². The van der Waals surface area contributed by atoms with E-state index in [1.165, 1.54) is 6.07 Å². The van der Waals surface area contributed by atoms with Crippen molar-refractivity contribution in [3.05, 3.63) is 84.4 Å². The SMILES string of the molecule is COc1ccccc1-c1cc(-c2ccccc2)c2cc(F)cc(F)c2n1. The second-order valence-corrected chi connectivity index (χ2v) is 5.91. The number of benzene rings is 3. The van der Waals surface area contributed by atoms with E-state index < -0.39 is 11.6 Å². The fraction of sp³-hybridized carbons (Fsp3) is 0.0455. The lowest BCUT2D eigenvalue weighted by atomic mass is 9.98. The molecule has 0 saturated heterocycles. The van der Waals surface area contributed by atoms with Crippen LogP contribution < -0.4 is 4.74 Å². The van der Waals surface area contributed by atoms with Gasteiger partial charge in [-0.1, -0.05) is 42.5 Å². The first-order chi connectivity index (χ1) is 12.7. The van der Waals surface area contributed by atoms with Gasteiger partial charge in [-0.25, -0.2) is 13.8 Å². The van der Waals surface area contributed by atoms with Crippen molar-refractivity contribution in [1.29, 1.82) is 0 Å². The maximum Gasteiger partial charge on any atom is 0.152 e. The molecule has 0 unspecified atom stereocenters. The molecule has 4 rings (SSSR count). The molecule has 0 fully saturated rings. The average Bonchev–Trinajstić information content (AvgIpc) is 2.68. The molecule has 0 aliphatic carbocycles. The molecule has 2 nitrogen and oxygen atoms in total. The standard InChI is InChI=1S/C22H15F2NO/c1-26-21-10-6-5-9-16(21)20-13-17(14-7-3-2-4-8-14)18-11-15(23)12-19(24)22(18)25-20/h2-13H,1H3. The Kier molecular flexibility index (Phi) is 4.09. The number of ether oxygens (including phenoxy) is 1. The summed E-state index contributed by atoms with van der Waals surface area (Å²) in [7, 11) is 1.58. The molecule has 1 heterocycles. The summed E-state index contributed by atoms with van der Waals surface area (Å²) in [4.78, 5) is 4.46. The van der Waals surface area contributed by atoms with E-state index in [1.807, 2.05) is 60.7 Å². The highest BCUT2D eigenvalue weighted by Crippen LogP contribution is 2.36. The first-order valence-corrected chi connectivity index (χ1v) is 8.16. The second-order valence-electron chi connectivity index (χ2n) is 5.91. The lowest BCUT2D eigenvalue weighted by Crippen LogP contribution is -1.95. The summed E-state index contributed by atoms with van der Waals surface area (Å²) in [6.07, 6.45) is 0. The van der Waals surface area contributed by atoms with Crippen LogP contribution in [0, 0.1) is 11.6 Å². The predicted octanol–water partition coefficient (Wildman–Crippen LogP) is 5.86. The number of hydrogen-bond acceptors (Lipinski definition) is 2. The number of pyridine rings is 1. The van der Waals surface area contributed by atoms with Crippen molar-refractivity contribution in [3.8, 4) is 28.1 Å². The maximum atomic E-state index is 14.5. The van der Waals surface area contributed by atoms with Crippen LogP contribution in [-0.4, -0.2) is 12.1 Å². The van der Waals surface area contributed by atoms with Crippen LogP contribution in [0.5, 0.6) is 5.75 Å². The lowest BCUT2D eigenvalue weighted by molar-refractivity contribution is 0.416. The van der Waals surface area contributed by atoms with Crippen molar-refractivity contribution in [2.75, 3.05) is 7.11 Å². The number of hydrogen-bond donors (Lipinski definition) is 0. The van der Waals surface area contributed by atoms with Crippen molar-refractivity contribution in [1.82, 2.24) is 4.98 Å². The summed E-state index contributed by atoms with van der Waals surface area (Å²) < 4.78 is 33.7. The van der Waals surface area contributed by atoms with Gasteiger partial charge < -0.3 is 4.74 Å². The summed E-state index contributed by atoms with van der Waals surface area (Å²) in [5.74, 6) is -0.672. The number of rotatable bonds is 3. The van der Waals surface area contributed by atoms with Gasteiger partial charge in [0, 0.05) is 17.0 Å². The predicted molar refractivity (Wildman–Crippen MR) is 99.1 cm³/mol. The Morgan fingerprint density at radius 1 is 0.808 bits per heavy atom. The molecule has 0 bridgehead atoms. The van der Waals surface area contributed by atoms with Gasteiger partial charge in [0.1, 0.15) is 17.1 Å². The van der Waals surface area contributed by atoms with Gasteiger partial charge >= 0.3 is 0 Å². The largest absolute Gasteiger partial charge is 0.496 e. The van der Waals surface area contributed by atoms with E-state index in [4.69, 9.17) is 4.74 Å². The van der Waals surface area contributed by atoms with Crippen LogP contribution in [0.25, 0.3) is 33.3 Å². The first-order valence-electron chi connectivity index (χ1n) is 8.16. The molecule has 0 atom stereocenters. The second kappa shape index (κ2) is 6.56. The third-order valence-electron chi connectivity index (χ3n) is 4.30. The number of methoxy groups -OCH3 is 1. The summed E-state index contributed by atoms with van der Waals surface area (Å²) in [5.41, 5.74) is 3.03. The Morgan fingerprint density at radius 2 is 1.54 bits per heavy atom. The molecule has 0 saturated carbocycles. The Hall–Kier alpha value is -3.27. The number of fused-ring (bicyclic) bond motifs is 1. The lowest BCUT2D eigenvalue weighted by Gasteiger charge is -2.13. The molecule has 0 amide bonds. The van der Waals surface area contributed by atoms with Crippen LogP contribution in [0.3, 0.4) is 0 Å². The number of para-hydroxylation sites is 1. The summed E-state index contributed by atoms with van der Waals surface area (Å²) in [5, 5.41) is 0.437. The summed E-state index contributed by atoms with van der Waals surface area (Å²) in [6.45, 7) is 0. The van der Waals surface area contributed by atoms with Crippen molar-refractivity contribution in [3.63, 3.8) is 0 Å². The Labute approximate surface area is 149 Å². The van der Waals surface area contributed by atoms with Gasteiger partial charge in [0.2, 0.25) is 0 Å². The van der Waals surface area contributed by atoms with E-state index in [1.54, 1.807) is 7.11 Å². The zero-order chi connectivity index (χ0) is 18.1. The van der Waals surface area contributed by atoms with E-state index >= 15 is 0 Å². The molecular formula is C22H15F2NO. The number of aromatic nitrogens is 1. The highest BCUT2D eigenvalue weighted by Gasteiger charge is 2.15. The number of halogens is 2. The van der Waals surface area contributed by atoms with E-state index in [0.717, 1.165) is 22.8 Å².